The largest absolute Gasteiger partial charge is 0.0582 e. The van der Waals surface area contributed by atoms with E-state index in [0.717, 1.165) is 12.8 Å². The summed E-state index contributed by atoms with van der Waals surface area (Å²) in [6.07, 6.45) is 3.41. The molecule has 2 aromatic carbocycles. The lowest BCUT2D eigenvalue weighted by atomic mass is 9.63. The first-order chi connectivity index (χ1) is 17.2. The fourth-order valence-corrected chi connectivity index (χ4v) is 6.38. The zero-order valence-corrected chi connectivity index (χ0v) is 29.4. The zero-order chi connectivity index (χ0) is 30.6. The van der Waals surface area contributed by atoms with Gasteiger partial charge in [-0.05, 0) is 96.3 Å². The number of hydrogen-bond acceptors (Lipinski definition) is 0. The predicted molar refractivity (Wildman–Crippen MR) is 177 cm³/mol. The van der Waals surface area contributed by atoms with E-state index in [2.05, 4.69) is 149 Å². The molecule has 220 valence electrons. The molecule has 2 aromatic rings. The summed E-state index contributed by atoms with van der Waals surface area (Å²) < 4.78 is 0. The lowest BCUT2D eigenvalue weighted by Gasteiger charge is -2.42. The first-order valence-corrected chi connectivity index (χ1v) is 15.5. The van der Waals surface area contributed by atoms with E-state index in [9.17, 15) is 0 Å². The third kappa shape index (κ3) is 8.01. The molecule has 0 unspecified atom stereocenters. The third-order valence-electron chi connectivity index (χ3n) is 8.14. The van der Waals surface area contributed by atoms with E-state index in [1.165, 1.54) is 28.7 Å². The lowest BCUT2D eigenvalue weighted by molar-refractivity contribution is 0.473. The molecule has 2 rings (SSSR count). The van der Waals surface area contributed by atoms with Crippen molar-refractivity contribution >= 4 is 0 Å². The van der Waals surface area contributed by atoms with E-state index in [-0.39, 0.29) is 32.5 Å². The van der Waals surface area contributed by atoms with Crippen LogP contribution < -0.4 is 0 Å². The van der Waals surface area contributed by atoms with Gasteiger partial charge in [0.2, 0.25) is 0 Å². The smallest absolute Gasteiger partial charge is 0.0126 e. The molecular formula is C39H64. The molecule has 0 heteroatoms. The Kier molecular flexibility index (Phi) is 9.22. The Balaban J connectivity index is 2.76. The fraction of sp³-hybridized carbons (Fsp3) is 0.692. The van der Waals surface area contributed by atoms with Crippen molar-refractivity contribution in [3.63, 3.8) is 0 Å². The maximum Gasteiger partial charge on any atom is -0.0126 e. The van der Waals surface area contributed by atoms with E-state index in [1.807, 2.05) is 0 Å². The molecule has 0 aliphatic carbocycles. The number of hydrogen-bond donors (Lipinski definition) is 0. The molecule has 0 bridgehead atoms. The Morgan fingerprint density at radius 1 is 0.385 bits per heavy atom. The van der Waals surface area contributed by atoms with Crippen molar-refractivity contribution in [3.8, 4) is 0 Å². The molecule has 0 radical (unpaired) electrons. The van der Waals surface area contributed by atoms with Crippen LogP contribution in [0.3, 0.4) is 0 Å². The average Bonchev–Trinajstić information content (AvgIpc) is 2.68. The Morgan fingerprint density at radius 3 is 1.21 bits per heavy atom. The Labute approximate surface area is 244 Å². The second kappa shape index (κ2) is 10.7. The monoisotopic (exact) mass is 533 g/mol. The minimum absolute atomic E-state index is 0.0711. The molecule has 0 saturated heterocycles. The third-order valence-corrected chi connectivity index (χ3v) is 8.14. The van der Waals surface area contributed by atoms with Crippen molar-refractivity contribution in [2.45, 2.75) is 176 Å². The van der Waals surface area contributed by atoms with Crippen molar-refractivity contribution in [2.75, 3.05) is 0 Å². The van der Waals surface area contributed by atoms with Gasteiger partial charge in [0.05, 0.1) is 0 Å². The van der Waals surface area contributed by atoms with Gasteiger partial charge in [-0.2, -0.15) is 0 Å². The van der Waals surface area contributed by atoms with E-state index < -0.39 is 0 Å². The van der Waals surface area contributed by atoms with Crippen LogP contribution in [-0.4, -0.2) is 0 Å². The van der Waals surface area contributed by atoms with Gasteiger partial charge in [0.15, 0.2) is 0 Å². The second-order valence-electron chi connectivity index (χ2n) is 18.4. The molecule has 39 heavy (non-hydrogen) atoms. The molecule has 0 aliphatic heterocycles. The molecule has 0 saturated carbocycles. The van der Waals surface area contributed by atoms with Gasteiger partial charge in [-0.15, -0.1) is 0 Å². The van der Waals surface area contributed by atoms with Crippen LogP contribution in [0.2, 0.25) is 0 Å². The molecule has 0 aromatic heterocycles. The molecule has 0 aliphatic rings. The zero-order valence-electron chi connectivity index (χ0n) is 29.4. The summed E-state index contributed by atoms with van der Waals surface area (Å²) in [6.45, 7) is 43.1. The number of aryl methyl sites for hydroxylation is 2. The maximum absolute atomic E-state index is 2.62. The first kappa shape index (κ1) is 33.6. The summed E-state index contributed by atoms with van der Waals surface area (Å²) in [5.41, 5.74) is 13.0. The number of rotatable bonds is 4. The quantitative estimate of drug-likeness (QED) is 0.367. The normalized spacial score (nSPS) is 14.2. The van der Waals surface area contributed by atoms with E-state index in [1.54, 1.807) is 22.3 Å². The highest BCUT2D eigenvalue weighted by molar-refractivity contribution is 5.56. The van der Waals surface area contributed by atoms with Gasteiger partial charge in [0.25, 0.3) is 0 Å². The lowest BCUT2D eigenvalue weighted by Crippen LogP contribution is -2.33. The van der Waals surface area contributed by atoms with Gasteiger partial charge >= 0.3 is 0 Å². The number of benzene rings is 2. The minimum atomic E-state index is 0.0711. The fourth-order valence-electron chi connectivity index (χ4n) is 6.38. The molecular weight excluding hydrogens is 468 g/mol. The topological polar surface area (TPSA) is 0 Å². The van der Waals surface area contributed by atoms with E-state index >= 15 is 0 Å². The van der Waals surface area contributed by atoms with E-state index in [4.69, 9.17) is 0 Å². The van der Waals surface area contributed by atoms with Crippen LogP contribution in [0.15, 0.2) is 24.3 Å². The summed E-state index contributed by atoms with van der Waals surface area (Å²) in [5.74, 6) is 0. The van der Waals surface area contributed by atoms with Crippen molar-refractivity contribution in [3.05, 3.63) is 68.8 Å². The minimum Gasteiger partial charge on any atom is -0.0582 e. The van der Waals surface area contributed by atoms with Gasteiger partial charge in [-0.3, -0.25) is 0 Å². The molecule has 0 nitrogen and oxygen atoms in total. The molecule has 0 N–H and O–H groups in total. The summed E-state index contributed by atoms with van der Waals surface area (Å²) >= 11 is 0. The molecule has 0 atom stereocenters. The van der Waals surface area contributed by atoms with Crippen LogP contribution in [0.4, 0.5) is 0 Å². The molecule has 0 spiro atoms. The second-order valence-corrected chi connectivity index (χ2v) is 18.4. The van der Waals surface area contributed by atoms with Gasteiger partial charge in [0, 0.05) is 0 Å². The molecule has 0 fully saturated rings. The van der Waals surface area contributed by atoms with Crippen molar-refractivity contribution in [1.82, 2.24) is 0 Å². The van der Waals surface area contributed by atoms with Crippen molar-refractivity contribution in [2.24, 2.45) is 0 Å². The first-order valence-electron chi connectivity index (χ1n) is 15.5. The summed E-state index contributed by atoms with van der Waals surface area (Å²) in [4.78, 5) is 0. The van der Waals surface area contributed by atoms with E-state index in [0.29, 0.717) is 0 Å². The Hall–Kier alpha value is -1.56. The average molecular weight is 533 g/mol. The van der Waals surface area contributed by atoms with Crippen molar-refractivity contribution < 1.29 is 0 Å². The highest BCUT2D eigenvalue weighted by Gasteiger charge is 2.37. The predicted octanol–water partition coefficient (Wildman–Crippen LogP) is 11.6. The van der Waals surface area contributed by atoms with Crippen LogP contribution in [0.1, 0.15) is 176 Å². The van der Waals surface area contributed by atoms with Crippen molar-refractivity contribution in [1.29, 1.82) is 0 Å². The summed E-state index contributed by atoms with van der Waals surface area (Å²) in [6, 6.07) is 9.89. The molecule has 0 heterocycles. The van der Waals surface area contributed by atoms with Gasteiger partial charge in [0.1, 0.15) is 0 Å². The van der Waals surface area contributed by atoms with Gasteiger partial charge in [-0.25, -0.2) is 0 Å². The van der Waals surface area contributed by atoms with Crippen LogP contribution in [-0.2, 0) is 45.3 Å². The Bertz CT molecular complexity index is 1140. The van der Waals surface area contributed by atoms with Gasteiger partial charge in [-0.1, -0.05) is 149 Å². The van der Waals surface area contributed by atoms with Gasteiger partial charge < -0.3 is 0 Å². The summed E-state index contributed by atoms with van der Waals surface area (Å²) in [5, 5.41) is 0. The van der Waals surface area contributed by atoms with Crippen LogP contribution >= 0.6 is 0 Å². The standard InChI is InChI=1S/C39H64/c1-34(2,3)28-22-23-29(35(4,5)6)26(24-28)20-19-21-27-25-30(36(7,8)9)32(38(13,14)15)33(39(16,17)18)31(27)37(10,11)12/h22-25H,19-21H2,1-18H3. The highest BCUT2D eigenvalue weighted by Crippen LogP contribution is 2.47. The maximum atomic E-state index is 2.62. The SMILES string of the molecule is CC(C)(C)c1ccc(C(C)(C)C)c(CCCc2cc(C(C)(C)C)c(C(C)(C)C)c(C(C)(C)C)c2C(C)(C)C)c1. The summed E-state index contributed by atoms with van der Waals surface area (Å²) in [7, 11) is 0. The van der Waals surface area contributed by atoms with Crippen LogP contribution in [0.25, 0.3) is 0 Å². The Morgan fingerprint density at radius 2 is 0.821 bits per heavy atom. The van der Waals surface area contributed by atoms with Crippen LogP contribution in [0.5, 0.6) is 0 Å². The molecule has 0 amide bonds. The van der Waals surface area contributed by atoms with Crippen LogP contribution in [0, 0.1) is 0 Å². The highest BCUT2D eigenvalue weighted by atomic mass is 14.4.